The van der Waals surface area contributed by atoms with Crippen LogP contribution in [0.4, 0.5) is 0 Å². The number of ether oxygens (including phenoxy) is 1. The van der Waals surface area contributed by atoms with E-state index >= 15 is 0 Å². The van der Waals surface area contributed by atoms with E-state index in [1.54, 1.807) is 0 Å². The van der Waals surface area contributed by atoms with Gasteiger partial charge in [0, 0.05) is 12.8 Å². The van der Waals surface area contributed by atoms with Crippen molar-refractivity contribution < 1.29 is 14.6 Å². The Kier molecular flexibility index (Phi) is 3.10. The Bertz CT molecular complexity index is 200. The van der Waals surface area contributed by atoms with Gasteiger partial charge >= 0.3 is 5.97 Å². The average Bonchev–Trinajstić information content (AvgIpc) is 2.51. The first-order chi connectivity index (χ1) is 5.70. The van der Waals surface area contributed by atoms with E-state index in [1.807, 2.05) is 6.08 Å². The number of nitrogens with two attached hydrogens (primary N) is 1. The van der Waals surface area contributed by atoms with Crippen molar-refractivity contribution >= 4 is 5.97 Å². The maximum atomic E-state index is 10.2. The van der Waals surface area contributed by atoms with E-state index in [-0.39, 0.29) is 12.5 Å². The molecule has 0 radical (unpaired) electrons. The van der Waals surface area contributed by atoms with E-state index in [0.29, 0.717) is 13.0 Å². The number of carbonyl (C=O) groups is 1. The summed E-state index contributed by atoms with van der Waals surface area (Å²) in [6.45, 7) is 0.677. The maximum absolute atomic E-state index is 10.2. The van der Waals surface area contributed by atoms with E-state index in [4.69, 9.17) is 15.6 Å². The normalized spacial score (nSPS) is 18.2. The lowest BCUT2D eigenvalue weighted by molar-refractivity contribution is -0.137. The number of rotatable bonds is 4. The second kappa shape index (κ2) is 4.11. The number of hydrogen-bond acceptors (Lipinski definition) is 3. The number of hydrogen-bond donors (Lipinski definition) is 2. The monoisotopic (exact) mass is 171 g/mol. The molecule has 0 saturated carbocycles. The molecular formula is C8H13NO3. The van der Waals surface area contributed by atoms with Crippen LogP contribution in [0.5, 0.6) is 0 Å². The second-order valence-electron chi connectivity index (χ2n) is 2.78. The topological polar surface area (TPSA) is 72.6 Å². The quantitative estimate of drug-likeness (QED) is 0.645. The molecule has 1 aliphatic heterocycles. The summed E-state index contributed by atoms with van der Waals surface area (Å²) in [6, 6.07) is -0.247. The van der Waals surface area contributed by atoms with Crippen LogP contribution >= 0.6 is 0 Å². The van der Waals surface area contributed by atoms with Crippen LogP contribution in [-0.4, -0.2) is 23.7 Å². The maximum Gasteiger partial charge on any atom is 0.303 e. The van der Waals surface area contributed by atoms with Crippen LogP contribution in [0.1, 0.15) is 19.3 Å². The van der Waals surface area contributed by atoms with Gasteiger partial charge < -0.3 is 15.6 Å². The Labute approximate surface area is 71.0 Å². The second-order valence-corrected chi connectivity index (χ2v) is 2.78. The summed E-state index contributed by atoms with van der Waals surface area (Å²) in [5.74, 6) is -0.0692. The molecular weight excluding hydrogens is 158 g/mol. The fourth-order valence-electron chi connectivity index (χ4n) is 1.12. The zero-order valence-electron chi connectivity index (χ0n) is 6.82. The largest absolute Gasteiger partial charge is 0.496 e. The van der Waals surface area contributed by atoms with E-state index in [9.17, 15) is 4.79 Å². The molecule has 1 rings (SSSR count). The number of carboxylic acids is 1. The molecule has 0 aromatic rings. The molecule has 1 atom stereocenters. The predicted octanol–water partition coefficient (Wildman–Crippen LogP) is 0.483. The van der Waals surface area contributed by atoms with Crippen molar-refractivity contribution in [2.24, 2.45) is 5.73 Å². The van der Waals surface area contributed by atoms with Gasteiger partial charge in [0.25, 0.3) is 0 Å². The number of carboxylic acid groups (broad SMARTS) is 1. The minimum atomic E-state index is -0.816. The summed E-state index contributed by atoms with van der Waals surface area (Å²) >= 11 is 0. The molecule has 3 N–H and O–H groups in total. The van der Waals surface area contributed by atoms with Gasteiger partial charge in [-0.1, -0.05) is 0 Å². The van der Waals surface area contributed by atoms with Crippen LogP contribution in [0, 0.1) is 0 Å². The van der Waals surface area contributed by atoms with Crippen molar-refractivity contribution in [2.45, 2.75) is 25.3 Å². The first-order valence-corrected chi connectivity index (χ1v) is 4.00. The van der Waals surface area contributed by atoms with Gasteiger partial charge in [0.05, 0.1) is 12.6 Å². The van der Waals surface area contributed by atoms with Crippen LogP contribution in [0.15, 0.2) is 11.8 Å². The Morgan fingerprint density at radius 2 is 2.58 bits per heavy atom. The van der Waals surface area contributed by atoms with Crippen LogP contribution in [0.2, 0.25) is 0 Å². The first kappa shape index (κ1) is 9.06. The third-order valence-electron chi connectivity index (χ3n) is 1.77. The van der Waals surface area contributed by atoms with Crippen LogP contribution < -0.4 is 5.73 Å². The molecule has 0 aromatic heterocycles. The van der Waals surface area contributed by atoms with Gasteiger partial charge in [-0.2, -0.15) is 0 Å². The van der Waals surface area contributed by atoms with Crippen molar-refractivity contribution in [2.75, 3.05) is 6.61 Å². The molecule has 0 aliphatic carbocycles. The Balaban J connectivity index is 2.27. The van der Waals surface area contributed by atoms with E-state index in [1.165, 1.54) is 0 Å². The summed E-state index contributed by atoms with van der Waals surface area (Å²) in [4.78, 5) is 10.2. The van der Waals surface area contributed by atoms with Crippen molar-refractivity contribution in [1.82, 2.24) is 0 Å². The smallest absolute Gasteiger partial charge is 0.303 e. The molecule has 68 valence electrons. The molecule has 1 aliphatic rings. The summed E-state index contributed by atoms with van der Waals surface area (Å²) in [7, 11) is 0. The van der Waals surface area contributed by atoms with Crippen LogP contribution in [0.25, 0.3) is 0 Å². The molecule has 1 heterocycles. The Hall–Kier alpha value is -1.03. The summed E-state index contributed by atoms with van der Waals surface area (Å²) in [6.07, 6.45) is 3.35. The average molecular weight is 171 g/mol. The van der Waals surface area contributed by atoms with E-state index in [2.05, 4.69) is 0 Å². The van der Waals surface area contributed by atoms with Gasteiger partial charge in [0.15, 0.2) is 0 Å². The van der Waals surface area contributed by atoms with Gasteiger partial charge in [-0.15, -0.1) is 0 Å². The molecule has 12 heavy (non-hydrogen) atoms. The van der Waals surface area contributed by atoms with Gasteiger partial charge in [-0.3, -0.25) is 4.79 Å². The fraction of sp³-hybridized carbons (Fsp3) is 0.625. The Morgan fingerprint density at radius 1 is 1.83 bits per heavy atom. The molecule has 4 nitrogen and oxygen atoms in total. The molecule has 0 spiro atoms. The molecule has 0 fully saturated rings. The third-order valence-corrected chi connectivity index (χ3v) is 1.77. The molecule has 1 unspecified atom stereocenters. The van der Waals surface area contributed by atoms with E-state index in [0.717, 1.165) is 12.2 Å². The highest BCUT2D eigenvalue weighted by Gasteiger charge is 2.15. The minimum absolute atomic E-state index is 0.0991. The standard InChI is InChI=1S/C8H13NO3/c9-6(3-4-8(10)11)7-2-1-5-12-7/h2,6H,1,3-5,9H2,(H,10,11). The zero-order valence-corrected chi connectivity index (χ0v) is 6.82. The van der Waals surface area contributed by atoms with E-state index < -0.39 is 5.97 Å². The SMILES string of the molecule is NC(CCC(=O)O)C1=CCCO1. The molecule has 0 amide bonds. The summed E-state index contributed by atoms with van der Waals surface area (Å²) < 4.78 is 5.19. The minimum Gasteiger partial charge on any atom is -0.496 e. The van der Waals surface area contributed by atoms with Crippen LogP contribution in [-0.2, 0) is 9.53 Å². The molecule has 0 aromatic carbocycles. The van der Waals surface area contributed by atoms with Crippen LogP contribution in [0.3, 0.4) is 0 Å². The molecule has 4 heteroatoms. The lowest BCUT2D eigenvalue weighted by Crippen LogP contribution is -2.23. The van der Waals surface area contributed by atoms with Gasteiger partial charge in [0.2, 0.25) is 0 Å². The highest BCUT2D eigenvalue weighted by Crippen LogP contribution is 2.14. The fourth-order valence-corrected chi connectivity index (χ4v) is 1.12. The first-order valence-electron chi connectivity index (χ1n) is 4.00. The van der Waals surface area contributed by atoms with Crippen molar-refractivity contribution in [1.29, 1.82) is 0 Å². The summed E-state index contributed by atoms with van der Waals surface area (Å²) in [5, 5.41) is 8.39. The van der Waals surface area contributed by atoms with Gasteiger partial charge in [-0.05, 0) is 12.5 Å². The lowest BCUT2D eigenvalue weighted by atomic mass is 10.1. The third kappa shape index (κ3) is 2.54. The highest BCUT2D eigenvalue weighted by molar-refractivity contribution is 5.66. The molecule has 0 bridgehead atoms. The summed E-state index contributed by atoms with van der Waals surface area (Å²) in [5.41, 5.74) is 5.67. The molecule has 0 saturated heterocycles. The zero-order chi connectivity index (χ0) is 8.97. The van der Waals surface area contributed by atoms with Crippen molar-refractivity contribution in [3.63, 3.8) is 0 Å². The Morgan fingerprint density at radius 3 is 3.08 bits per heavy atom. The van der Waals surface area contributed by atoms with Gasteiger partial charge in [0.1, 0.15) is 5.76 Å². The highest BCUT2D eigenvalue weighted by atomic mass is 16.5. The van der Waals surface area contributed by atoms with Crippen molar-refractivity contribution in [3.05, 3.63) is 11.8 Å². The van der Waals surface area contributed by atoms with Gasteiger partial charge in [-0.25, -0.2) is 0 Å². The predicted molar refractivity (Wildman–Crippen MR) is 43.5 cm³/mol. The lowest BCUT2D eigenvalue weighted by Gasteiger charge is -2.11. The number of aliphatic carboxylic acids is 1. The van der Waals surface area contributed by atoms with Crippen molar-refractivity contribution in [3.8, 4) is 0 Å².